The fourth-order valence-electron chi connectivity index (χ4n) is 7.29. The molecule has 2 heterocycles. The summed E-state index contributed by atoms with van der Waals surface area (Å²) in [5.41, 5.74) is 3.28. The normalized spacial score (nSPS) is 24.5. The van der Waals surface area contributed by atoms with E-state index >= 15 is 0 Å². The molecule has 0 radical (unpaired) electrons. The highest BCUT2D eigenvalue weighted by Gasteiger charge is 2.60. The summed E-state index contributed by atoms with van der Waals surface area (Å²) >= 11 is 1.41. The van der Waals surface area contributed by atoms with E-state index in [0.29, 0.717) is 50.8 Å². The molecule has 11 heteroatoms. The van der Waals surface area contributed by atoms with Gasteiger partial charge in [-0.15, -0.1) is 11.3 Å². The smallest absolute Gasteiger partial charge is 0.243 e. The number of aliphatic hydroxyl groups excluding tert-OH is 2. The van der Waals surface area contributed by atoms with Gasteiger partial charge in [-0.3, -0.25) is 14.4 Å². The first kappa shape index (κ1) is 34.5. The number of hydrogen-bond acceptors (Lipinski definition) is 8. The topological polar surface area (TPSA) is 141 Å². The Hall–Kier alpha value is -2.86. The summed E-state index contributed by atoms with van der Waals surface area (Å²) in [6, 6.07) is 7.98. The molecule has 2 saturated carbocycles. The standard InChI is InChI=1S/C35H50N4O6S/c1-22(2)17-28(40)32(41)26(18-23-9-5-3-6-10-23)37-33(42)27(19-25-20-46-21-36-25)38-34(43)30-29(24-11-7-4-8-12-24)31(30)35(44)39-13-15-45-16-14-39/h4,7-8,11-12,20-23,26-32,40-41H,3,5-6,9-10,13-19H2,1-2H3,(H,37,42)(H,38,43)/t26-,27-,28-,29-,30+,31+,32+/m0/s1. The Bertz CT molecular complexity index is 1270. The minimum absolute atomic E-state index is 0.0624. The summed E-state index contributed by atoms with van der Waals surface area (Å²) in [7, 11) is 0. The number of aromatic nitrogens is 1. The lowest BCUT2D eigenvalue weighted by molar-refractivity contribution is -0.138. The minimum atomic E-state index is -1.13. The average molecular weight is 655 g/mol. The predicted molar refractivity (Wildman–Crippen MR) is 176 cm³/mol. The van der Waals surface area contributed by atoms with Gasteiger partial charge in [0.05, 0.1) is 48.4 Å². The van der Waals surface area contributed by atoms with Crippen LogP contribution in [0.5, 0.6) is 0 Å². The van der Waals surface area contributed by atoms with Crippen molar-refractivity contribution in [1.82, 2.24) is 20.5 Å². The molecule has 0 spiro atoms. The van der Waals surface area contributed by atoms with Gasteiger partial charge in [-0.2, -0.15) is 0 Å². The number of thiazole rings is 1. The molecule has 1 saturated heterocycles. The fraction of sp³-hybridized carbons (Fsp3) is 0.657. The quantitative estimate of drug-likeness (QED) is 0.245. The second-order valence-electron chi connectivity index (χ2n) is 13.7. The first-order valence-electron chi connectivity index (χ1n) is 17.0. The van der Waals surface area contributed by atoms with Crippen molar-refractivity contribution >= 4 is 29.1 Å². The Morgan fingerprint density at radius 2 is 1.74 bits per heavy atom. The summed E-state index contributed by atoms with van der Waals surface area (Å²) in [6.07, 6.45) is 4.52. The average Bonchev–Trinajstić information content (AvgIpc) is 3.61. The van der Waals surface area contributed by atoms with E-state index in [9.17, 15) is 24.6 Å². The van der Waals surface area contributed by atoms with Crippen LogP contribution in [0, 0.1) is 23.7 Å². The van der Waals surface area contributed by atoms with Crippen molar-refractivity contribution in [3.05, 3.63) is 52.5 Å². The first-order chi connectivity index (χ1) is 22.2. The second kappa shape index (κ2) is 16.3. The SMILES string of the molecule is CC(C)C[C@H](O)[C@H](O)[C@H](CC1CCCCC1)NC(=O)[C@H](Cc1cscn1)NC(=O)[C@H]1[C@H](C(=O)N2CCOCC2)[C@H]1c1ccccc1. The summed E-state index contributed by atoms with van der Waals surface area (Å²) < 4.78 is 5.44. The van der Waals surface area contributed by atoms with Crippen LogP contribution in [-0.4, -0.2) is 88.4 Å². The van der Waals surface area contributed by atoms with Gasteiger partial charge in [0.25, 0.3) is 0 Å². The number of amides is 3. The third-order valence-corrected chi connectivity index (χ3v) is 10.4. The van der Waals surface area contributed by atoms with Gasteiger partial charge in [0, 0.05) is 30.8 Å². The zero-order valence-electron chi connectivity index (χ0n) is 27.1. The highest BCUT2D eigenvalue weighted by atomic mass is 32.1. The Kier molecular flexibility index (Phi) is 12.2. The number of rotatable bonds is 14. The molecule has 7 atom stereocenters. The number of carbonyl (C=O) groups excluding carboxylic acids is 3. The molecule has 1 aliphatic heterocycles. The maximum absolute atomic E-state index is 14.0. The van der Waals surface area contributed by atoms with Gasteiger partial charge >= 0.3 is 0 Å². The Morgan fingerprint density at radius 3 is 2.39 bits per heavy atom. The molecule has 0 bridgehead atoms. The maximum atomic E-state index is 14.0. The van der Waals surface area contributed by atoms with Gasteiger partial charge in [0.1, 0.15) is 12.1 Å². The molecule has 1 aromatic carbocycles. The highest BCUT2D eigenvalue weighted by Crippen LogP contribution is 2.55. The Labute approximate surface area is 276 Å². The lowest BCUT2D eigenvalue weighted by atomic mass is 9.82. The number of morpholine rings is 1. The molecule has 2 aliphatic carbocycles. The van der Waals surface area contributed by atoms with E-state index in [0.717, 1.165) is 31.2 Å². The molecule has 3 fully saturated rings. The third kappa shape index (κ3) is 8.93. The van der Waals surface area contributed by atoms with Crippen molar-refractivity contribution < 1.29 is 29.3 Å². The number of carbonyl (C=O) groups is 3. The summed E-state index contributed by atoms with van der Waals surface area (Å²) in [5, 5.41) is 30.1. The first-order valence-corrected chi connectivity index (χ1v) is 17.9. The lowest BCUT2D eigenvalue weighted by Crippen LogP contribution is -2.56. The van der Waals surface area contributed by atoms with Crippen molar-refractivity contribution in [2.75, 3.05) is 26.3 Å². The number of nitrogens with one attached hydrogen (secondary N) is 2. The van der Waals surface area contributed by atoms with Crippen LogP contribution in [0.1, 0.15) is 76.0 Å². The molecule has 5 rings (SSSR count). The molecule has 10 nitrogen and oxygen atoms in total. The molecular weight excluding hydrogens is 604 g/mol. The van der Waals surface area contributed by atoms with Crippen LogP contribution in [-0.2, 0) is 25.5 Å². The monoisotopic (exact) mass is 654 g/mol. The van der Waals surface area contributed by atoms with Gasteiger partial charge in [-0.25, -0.2) is 4.98 Å². The molecule has 252 valence electrons. The van der Waals surface area contributed by atoms with Gasteiger partial charge in [0.2, 0.25) is 17.7 Å². The fourth-order valence-corrected chi connectivity index (χ4v) is 7.86. The molecule has 0 unspecified atom stereocenters. The van der Waals surface area contributed by atoms with Crippen LogP contribution < -0.4 is 10.6 Å². The largest absolute Gasteiger partial charge is 0.390 e. The number of ether oxygens (including phenoxy) is 1. The molecule has 3 aliphatic rings. The third-order valence-electron chi connectivity index (χ3n) is 9.80. The van der Waals surface area contributed by atoms with E-state index in [1.807, 2.05) is 49.6 Å². The second-order valence-corrected chi connectivity index (χ2v) is 14.4. The van der Waals surface area contributed by atoms with Crippen LogP contribution in [0.15, 0.2) is 41.2 Å². The summed E-state index contributed by atoms with van der Waals surface area (Å²) in [5.74, 6) is -1.73. The Morgan fingerprint density at radius 1 is 1.02 bits per heavy atom. The van der Waals surface area contributed by atoms with Crippen LogP contribution in [0.3, 0.4) is 0 Å². The van der Waals surface area contributed by atoms with Crippen LogP contribution in [0.2, 0.25) is 0 Å². The number of aliphatic hydroxyl groups is 2. The van der Waals surface area contributed by atoms with E-state index in [1.165, 1.54) is 17.8 Å². The minimum Gasteiger partial charge on any atom is -0.390 e. The molecule has 4 N–H and O–H groups in total. The summed E-state index contributed by atoms with van der Waals surface area (Å²) in [4.78, 5) is 47.8. The van der Waals surface area contributed by atoms with Crippen LogP contribution in [0.25, 0.3) is 0 Å². The molecule has 1 aromatic heterocycles. The summed E-state index contributed by atoms with van der Waals surface area (Å²) in [6.45, 7) is 5.91. The molecule has 46 heavy (non-hydrogen) atoms. The highest BCUT2D eigenvalue weighted by molar-refractivity contribution is 7.07. The molecule has 3 amide bonds. The van der Waals surface area contributed by atoms with Crippen molar-refractivity contribution in [1.29, 1.82) is 0 Å². The number of benzene rings is 1. The van der Waals surface area contributed by atoms with Crippen molar-refractivity contribution in [3.8, 4) is 0 Å². The van der Waals surface area contributed by atoms with Crippen LogP contribution >= 0.6 is 11.3 Å². The van der Waals surface area contributed by atoms with Gasteiger partial charge in [-0.05, 0) is 30.2 Å². The van der Waals surface area contributed by atoms with Crippen LogP contribution in [0.4, 0.5) is 0 Å². The molecular formula is C35H50N4O6S. The zero-order valence-corrected chi connectivity index (χ0v) is 27.9. The van der Waals surface area contributed by atoms with E-state index in [2.05, 4.69) is 15.6 Å². The van der Waals surface area contributed by atoms with Gasteiger partial charge in [0.15, 0.2) is 0 Å². The predicted octanol–water partition coefficient (Wildman–Crippen LogP) is 3.28. The molecule has 2 aromatic rings. The van der Waals surface area contributed by atoms with Crippen molar-refractivity contribution in [2.45, 2.75) is 95.4 Å². The van der Waals surface area contributed by atoms with E-state index in [1.54, 1.807) is 10.4 Å². The Balaban J connectivity index is 1.34. The van der Waals surface area contributed by atoms with Gasteiger partial charge in [-0.1, -0.05) is 76.3 Å². The maximum Gasteiger partial charge on any atom is 0.243 e. The number of hydrogen-bond donors (Lipinski definition) is 4. The van der Waals surface area contributed by atoms with Gasteiger partial charge < -0.3 is 30.5 Å². The van der Waals surface area contributed by atoms with E-state index in [-0.39, 0.29) is 30.1 Å². The number of nitrogens with zero attached hydrogens (tertiary/aromatic N) is 2. The van der Waals surface area contributed by atoms with E-state index in [4.69, 9.17) is 4.74 Å². The van der Waals surface area contributed by atoms with E-state index < -0.39 is 42.0 Å². The lowest BCUT2D eigenvalue weighted by Gasteiger charge is -2.33. The van der Waals surface area contributed by atoms with Crippen molar-refractivity contribution in [3.63, 3.8) is 0 Å². The zero-order chi connectivity index (χ0) is 32.6. The van der Waals surface area contributed by atoms with Crippen molar-refractivity contribution in [2.24, 2.45) is 23.7 Å².